The largest absolute Gasteiger partial charge is 0.823 e. The molecule has 0 saturated carbocycles. The van der Waals surface area contributed by atoms with Crippen LogP contribution in [-0.2, 0) is 0 Å². The van der Waals surface area contributed by atoms with Crippen LogP contribution in [0.25, 0.3) is 0 Å². The summed E-state index contributed by atoms with van der Waals surface area (Å²) in [5, 5.41) is 13.6. The van der Waals surface area contributed by atoms with Crippen molar-refractivity contribution in [1.82, 2.24) is 0 Å². The van der Waals surface area contributed by atoms with Gasteiger partial charge in [-0.2, -0.15) is 0 Å². The summed E-state index contributed by atoms with van der Waals surface area (Å²) in [6.45, 7) is 8.21. The Morgan fingerprint density at radius 2 is 1.57 bits per heavy atom. The van der Waals surface area contributed by atoms with Crippen LogP contribution in [0.4, 0.5) is 0 Å². The number of benzene rings is 2. The van der Waals surface area contributed by atoms with Crippen LogP contribution < -0.4 is 15.1 Å². The summed E-state index contributed by atoms with van der Waals surface area (Å²) >= 11 is 0. The first-order valence-electron chi connectivity index (χ1n) is 6.91. The minimum Gasteiger partial charge on any atom is -0.823 e. The Bertz CT molecular complexity index is 685. The van der Waals surface area contributed by atoms with Gasteiger partial charge < -0.3 is 9.84 Å². The van der Waals surface area contributed by atoms with Gasteiger partial charge in [0, 0.05) is 5.30 Å². The van der Waals surface area contributed by atoms with Gasteiger partial charge in [-0.1, -0.05) is 14.3 Å². The molecule has 21 heavy (non-hydrogen) atoms. The molecule has 0 heterocycles. The van der Waals surface area contributed by atoms with Crippen LogP contribution in [0.2, 0.25) is 0 Å². The molecule has 2 aromatic carbocycles. The van der Waals surface area contributed by atoms with Crippen LogP contribution in [0, 0.1) is 27.7 Å². The van der Waals surface area contributed by atoms with Crippen molar-refractivity contribution in [2.45, 2.75) is 27.7 Å². The highest BCUT2D eigenvalue weighted by Gasteiger charge is 2.07. The lowest BCUT2D eigenvalue weighted by Gasteiger charge is -2.21. The van der Waals surface area contributed by atoms with E-state index in [9.17, 15) is 5.11 Å². The third-order valence-corrected chi connectivity index (χ3v) is 4.86. The van der Waals surface area contributed by atoms with E-state index in [1.165, 1.54) is 11.1 Å². The average molecular weight is 299 g/mol. The second-order valence-electron chi connectivity index (χ2n) is 5.25. The number of rotatable bonds is 3. The van der Waals surface area contributed by atoms with E-state index in [1.807, 2.05) is 38.1 Å². The second-order valence-corrected chi connectivity index (χ2v) is 6.40. The highest BCUT2D eigenvalue weighted by atomic mass is 31.1. The van der Waals surface area contributed by atoms with E-state index in [-0.39, 0.29) is 5.48 Å². The predicted octanol–water partition coefficient (Wildman–Crippen LogP) is 3.04. The molecule has 0 saturated heterocycles. The summed E-state index contributed by atoms with van der Waals surface area (Å²) in [4.78, 5) is 0. The smallest absolute Gasteiger partial charge is 0.118 e. The second kappa shape index (κ2) is 6.43. The quantitative estimate of drug-likeness (QED) is 0.816. The molecule has 0 N–H and O–H groups in total. The van der Waals surface area contributed by atoms with Crippen LogP contribution in [0.1, 0.15) is 27.8 Å². The topological polar surface area (TPSA) is 32.3 Å². The van der Waals surface area contributed by atoms with Gasteiger partial charge in [-0.25, -0.2) is 0 Å². The highest BCUT2D eigenvalue weighted by Crippen LogP contribution is 2.23. The maximum atomic E-state index is 12.6. The number of aryl methyl sites for hydroxylation is 2. The maximum Gasteiger partial charge on any atom is 0.118 e. The molecule has 0 radical (unpaired) electrons. The van der Waals surface area contributed by atoms with Crippen molar-refractivity contribution in [2.75, 3.05) is 7.11 Å². The Morgan fingerprint density at radius 1 is 0.952 bits per heavy atom. The van der Waals surface area contributed by atoms with Crippen molar-refractivity contribution in [3.8, 4) is 5.75 Å². The SMILES string of the molecule is COc1ccc(P=C([O-])c2c(C)cc(C)c(C)c2C)cc1. The van der Waals surface area contributed by atoms with E-state index in [4.69, 9.17) is 4.74 Å². The van der Waals surface area contributed by atoms with Crippen molar-refractivity contribution in [3.05, 3.63) is 58.1 Å². The van der Waals surface area contributed by atoms with Crippen LogP contribution in [0.5, 0.6) is 5.75 Å². The average Bonchev–Trinajstić information content (AvgIpc) is 2.45. The molecule has 0 atom stereocenters. The molecule has 0 aromatic heterocycles. The first-order chi connectivity index (χ1) is 9.93. The van der Waals surface area contributed by atoms with E-state index < -0.39 is 0 Å². The molecule has 110 valence electrons. The fourth-order valence-corrected chi connectivity index (χ4v) is 3.43. The monoisotopic (exact) mass is 299 g/mol. The summed E-state index contributed by atoms with van der Waals surface area (Å²) in [7, 11) is 2.34. The lowest BCUT2D eigenvalue weighted by molar-refractivity contribution is -0.207. The van der Waals surface area contributed by atoms with Crippen molar-refractivity contribution < 1.29 is 9.84 Å². The minimum atomic E-state index is 0.151. The molecule has 0 unspecified atom stereocenters. The van der Waals surface area contributed by atoms with Crippen molar-refractivity contribution in [2.24, 2.45) is 0 Å². The highest BCUT2D eigenvalue weighted by molar-refractivity contribution is 7.49. The van der Waals surface area contributed by atoms with Gasteiger partial charge in [0.1, 0.15) is 5.75 Å². The minimum absolute atomic E-state index is 0.151. The Kier molecular flexibility index (Phi) is 4.82. The molecule has 0 spiro atoms. The lowest BCUT2D eigenvalue weighted by atomic mass is 9.95. The lowest BCUT2D eigenvalue weighted by Crippen LogP contribution is -2.21. The van der Waals surface area contributed by atoms with Gasteiger partial charge in [0.2, 0.25) is 0 Å². The summed E-state index contributed by atoms with van der Waals surface area (Å²) < 4.78 is 5.14. The van der Waals surface area contributed by atoms with Crippen molar-refractivity contribution in [1.29, 1.82) is 0 Å². The number of methoxy groups -OCH3 is 1. The van der Waals surface area contributed by atoms with Crippen LogP contribution >= 0.6 is 8.20 Å². The zero-order chi connectivity index (χ0) is 15.6. The van der Waals surface area contributed by atoms with Gasteiger partial charge in [-0.15, -0.1) is 5.48 Å². The van der Waals surface area contributed by atoms with Crippen molar-refractivity contribution in [3.63, 3.8) is 0 Å². The van der Waals surface area contributed by atoms with Gasteiger partial charge in [-0.05, 0) is 79.8 Å². The Morgan fingerprint density at radius 3 is 2.14 bits per heavy atom. The molecule has 0 aliphatic carbocycles. The van der Waals surface area contributed by atoms with Gasteiger partial charge >= 0.3 is 0 Å². The van der Waals surface area contributed by atoms with Gasteiger partial charge in [0.05, 0.1) is 7.11 Å². The molecule has 0 bridgehead atoms. The Labute approximate surface area is 128 Å². The molecule has 0 amide bonds. The third-order valence-electron chi connectivity index (χ3n) is 3.87. The molecule has 0 aliphatic heterocycles. The van der Waals surface area contributed by atoms with E-state index in [1.54, 1.807) is 7.11 Å². The zero-order valence-corrected chi connectivity index (χ0v) is 14.0. The number of hydrogen-bond acceptors (Lipinski definition) is 2. The molecule has 3 heteroatoms. The summed E-state index contributed by atoms with van der Waals surface area (Å²) in [6.07, 6.45) is 0. The molecule has 0 aliphatic rings. The van der Waals surface area contributed by atoms with E-state index in [0.717, 1.165) is 27.7 Å². The third kappa shape index (κ3) is 3.34. The predicted molar refractivity (Wildman–Crippen MR) is 89.0 cm³/mol. The van der Waals surface area contributed by atoms with Gasteiger partial charge in [-0.3, -0.25) is 0 Å². The Balaban J connectivity index is 2.45. The molecular formula is C18H20O2P-. The molecule has 2 rings (SSSR count). The van der Waals surface area contributed by atoms with Gasteiger partial charge in [0.15, 0.2) is 0 Å². The maximum absolute atomic E-state index is 12.6. The number of hydrogen-bond donors (Lipinski definition) is 0. The van der Waals surface area contributed by atoms with Gasteiger partial charge in [0.25, 0.3) is 0 Å². The van der Waals surface area contributed by atoms with E-state index in [2.05, 4.69) is 19.9 Å². The van der Waals surface area contributed by atoms with Crippen molar-refractivity contribution >= 4 is 19.0 Å². The molecule has 2 aromatic rings. The molecular weight excluding hydrogens is 279 g/mol. The number of ether oxygens (including phenoxy) is 1. The zero-order valence-electron chi connectivity index (χ0n) is 13.2. The standard InChI is InChI=1S/C18H21O2P/c1-11-10-12(2)17(14(4)13(11)3)18(19)21-16-8-6-15(20-5)7-9-16/h6-10,19H,1-5H3/p-1. The molecule has 2 nitrogen and oxygen atoms in total. The normalized spacial score (nSPS) is 11.6. The Hall–Kier alpha value is -1.63. The summed E-state index contributed by atoms with van der Waals surface area (Å²) in [6, 6.07) is 9.73. The van der Waals surface area contributed by atoms with Crippen LogP contribution in [0.15, 0.2) is 30.3 Å². The summed E-state index contributed by atoms with van der Waals surface area (Å²) in [5.74, 6) is 0.806. The van der Waals surface area contributed by atoms with Crippen LogP contribution in [-0.4, -0.2) is 12.6 Å². The van der Waals surface area contributed by atoms with E-state index >= 15 is 0 Å². The van der Waals surface area contributed by atoms with Crippen LogP contribution in [0.3, 0.4) is 0 Å². The first kappa shape index (κ1) is 15.8. The van der Waals surface area contributed by atoms with E-state index in [0.29, 0.717) is 8.20 Å². The summed E-state index contributed by atoms with van der Waals surface area (Å²) in [5.41, 5.74) is 5.60. The molecule has 0 fully saturated rings. The first-order valence-corrected chi connectivity index (χ1v) is 7.81. The fourth-order valence-electron chi connectivity index (χ4n) is 2.44. The fraction of sp³-hybridized carbons (Fsp3) is 0.278.